The number of carbonyl (C=O) groups is 5. The monoisotopic (exact) mass is 857 g/mol. The van der Waals surface area contributed by atoms with Crippen LogP contribution in [0, 0.1) is 23.7 Å². The van der Waals surface area contributed by atoms with Crippen LogP contribution in [-0.4, -0.2) is 74.0 Å². The molecule has 4 amide bonds. The van der Waals surface area contributed by atoms with Gasteiger partial charge in [-0.1, -0.05) is 116 Å². The van der Waals surface area contributed by atoms with Crippen molar-refractivity contribution in [3.05, 3.63) is 155 Å². The number of nitrogens with two attached hydrogens (primary N) is 1. The Morgan fingerprint density at radius 1 is 0.875 bits per heavy atom. The molecule has 64 heavy (non-hydrogen) atoms. The molecule has 0 saturated carbocycles. The largest absolute Gasteiger partial charge is 0.508 e. The number of hydrogen-bond donors (Lipinski definition) is 3. The van der Waals surface area contributed by atoms with Crippen LogP contribution in [0.25, 0.3) is 11.0 Å². The van der Waals surface area contributed by atoms with Crippen molar-refractivity contribution in [2.75, 3.05) is 12.0 Å². The van der Waals surface area contributed by atoms with Crippen LogP contribution in [0.2, 0.25) is 0 Å². The number of amides is 4. The molecule has 15 heteroatoms. The van der Waals surface area contributed by atoms with Gasteiger partial charge in [0.1, 0.15) is 41.4 Å². The molecular weight excluding hydrogens is 815 g/mol. The number of benzene rings is 5. The van der Waals surface area contributed by atoms with Crippen molar-refractivity contribution >= 4 is 46.5 Å². The van der Waals surface area contributed by atoms with E-state index in [0.717, 1.165) is 10.4 Å². The van der Waals surface area contributed by atoms with E-state index >= 15 is 4.79 Å². The molecule has 3 aliphatic heterocycles. The molecule has 9 rings (SSSR count). The zero-order valence-corrected chi connectivity index (χ0v) is 35.0. The van der Waals surface area contributed by atoms with E-state index in [1.165, 1.54) is 19.2 Å². The van der Waals surface area contributed by atoms with Crippen LogP contribution in [0.4, 0.5) is 10.5 Å². The number of nitrogens with one attached hydrogen (secondary N) is 1. The number of morpholine rings is 1. The topological polar surface area (TPSA) is 199 Å². The predicted octanol–water partition coefficient (Wildman–Crippen LogP) is 5.25. The molecular formula is C49H43N7O8. The van der Waals surface area contributed by atoms with E-state index in [2.05, 4.69) is 27.5 Å². The second-order valence-electron chi connectivity index (χ2n) is 16.4. The Balaban J connectivity index is 1.29. The maximum atomic E-state index is 16.1. The number of esters is 2. The van der Waals surface area contributed by atoms with Crippen molar-refractivity contribution in [1.82, 2.24) is 25.2 Å². The number of phenolic OH excluding ortho intramolecular Hbond substituents is 1. The lowest BCUT2D eigenvalue weighted by molar-refractivity contribution is -0.178. The third-order valence-corrected chi connectivity index (χ3v) is 12.5. The summed E-state index contributed by atoms with van der Waals surface area (Å²) in [5, 5.41) is 21.8. The number of primary amides is 1. The number of nitrogens with zero attached hydrogens (tertiary/aromatic N) is 5. The van der Waals surface area contributed by atoms with Crippen LogP contribution in [0.15, 0.2) is 127 Å². The summed E-state index contributed by atoms with van der Waals surface area (Å²) in [6.45, 7) is 3.59. The van der Waals surface area contributed by atoms with Gasteiger partial charge in [0, 0.05) is 5.56 Å². The van der Waals surface area contributed by atoms with E-state index in [1.54, 1.807) is 48.9 Å². The number of methoxy groups -OCH3 is 1. The Bertz CT molecular complexity index is 2870. The van der Waals surface area contributed by atoms with Gasteiger partial charge in [-0.05, 0) is 70.6 Å². The number of cyclic esters (lactones) is 1. The molecule has 1 spiro atoms. The average Bonchev–Trinajstić information content (AvgIpc) is 3.94. The summed E-state index contributed by atoms with van der Waals surface area (Å²) in [4.78, 5) is 76.0. The number of fused-ring (bicyclic) bond motifs is 4. The number of rotatable bonds is 8. The lowest BCUT2D eigenvalue weighted by Gasteiger charge is -2.46. The minimum atomic E-state index is -2.11. The maximum Gasteiger partial charge on any atom is 0.329 e. The maximum absolute atomic E-state index is 16.1. The Morgan fingerprint density at radius 3 is 2.22 bits per heavy atom. The summed E-state index contributed by atoms with van der Waals surface area (Å²) in [7, 11) is 1.20. The zero-order chi connectivity index (χ0) is 44.9. The summed E-state index contributed by atoms with van der Waals surface area (Å²) in [6.07, 6.45) is -0.942. The Morgan fingerprint density at radius 2 is 1.55 bits per heavy atom. The molecule has 6 aromatic rings. The summed E-state index contributed by atoms with van der Waals surface area (Å²) in [5.41, 5.74) is 8.31. The number of anilines is 1. The quantitative estimate of drug-likeness (QED) is 0.134. The fraction of sp³-hybridized carbons (Fsp3) is 0.245. The standard InChI is InChI=1S/C49H43N7O8/c1-28(2)39(45(59)63-3)51-48(62)55-36-25-20-29(13-12-26-54-37-19-11-10-18-35(37)52-53-54)27-34(36)49(47(55)61)38(44(50)58)41-46(60)64-42(31-16-8-5-9-17-31)40(30-14-6-4-7-15-30)56(41)43(49)32-21-23-33(57)24-22-32/h4-11,14-25,27-28,38-43,57H,26H2,1-3H3,(H2,50,58)(H,51,62). The SMILES string of the molecule is COC(=O)C(NC(=O)N1C(=O)C2(c3cc(C#CCn4nnc5ccccc54)ccc31)C(C(N)=O)C1C(=O)OC(c3ccccc3)C(c3ccccc3)N1C2c1ccc(O)cc1)C(C)C. The smallest absolute Gasteiger partial charge is 0.329 e. The van der Waals surface area contributed by atoms with Crippen LogP contribution < -0.4 is 16.0 Å². The normalized spacial score (nSPS) is 22.9. The van der Waals surface area contributed by atoms with Crippen molar-refractivity contribution < 1.29 is 38.6 Å². The van der Waals surface area contributed by atoms with Crippen molar-refractivity contribution in [3.8, 4) is 17.6 Å². The highest BCUT2D eigenvalue weighted by Crippen LogP contribution is 2.65. The molecule has 2 fully saturated rings. The van der Waals surface area contributed by atoms with E-state index < -0.39 is 77.3 Å². The van der Waals surface area contributed by atoms with Gasteiger partial charge in [0.25, 0.3) is 0 Å². The van der Waals surface area contributed by atoms with Crippen molar-refractivity contribution in [2.45, 2.75) is 56.1 Å². The summed E-state index contributed by atoms with van der Waals surface area (Å²) in [6, 6.07) is 31.3. The second kappa shape index (κ2) is 16.5. The Kier molecular flexibility index (Phi) is 10.7. The highest BCUT2D eigenvalue weighted by Gasteiger charge is 2.75. The van der Waals surface area contributed by atoms with E-state index in [9.17, 15) is 24.3 Å². The first kappa shape index (κ1) is 41.5. The van der Waals surface area contributed by atoms with Gasteiger partial charge in [-0.2, -0.15) is 0 Å². The molecule has 15 nitrogen and oxygen atoms in total. The third kappa shape index (κ3) is 6.70. The van der Waals surface area contributed by atoms with Crippen molar-refractivity contribution in [1.29, 1.82) is 0 Å². The molecule has 7 atom stereocenters. The molecule has 0 bridgehead atoms. The Labute approximate surface area is 367 Å². The van der Waals surface area contributed by atoms with Gasteiger partial charge in [-0.3, -0.25) is 19.3 Å². The minimum Gasteiger partial charge on any atom is -0.508 e. The number of carbonyl (C=O) groups excluding carboxylic acids is 5. The van der Waals surface area contributed by atoms with Crippen molar-refractivity contribution in [2.24, 2.45) is 17.6 Å². The van der Waals surface area contributed by atoms with Gasteiger partial charge >= 0.3 is 18.0 Å². The van der Waals surface area contributed by atoms with E-state index in [0.29, 0.717) is 27.8 Å². The van der Waals surface area contributed by atoms with E-state index in [-0.39, 0.29) is 23.5 Å². The molecule has 0 radical (unpaired) electrons. The molecule has 0 aliphatic carbocycles. The van der Waals surface area contributed by atoms with E-state index in [4.69, 9.17) is 15.2 Å². The molecule has 7 unspecified atom stereocenters. The van der Waals surface area contributed by atoms with Gasteiger partial charge in [0.15, 0.2) is 0 Å². The Hall–Kier alpha value is -7.83. The minimum absolute atomic E-state index is 0.0713. The summed E-state index contributed by atoms with van der Waals surface area (Å²) < 4.78 is 13.0. The van der Waals surface area contributed by atoms with Gasteiger partial charge in [-0.25, -0.2) is 19.2 Å². The first-order valence-electron chi connectivity index (χ1n) is 20.8. The number of para-hydroxylation sites is 1. The molecule has 5 aromatic carbocycles. The van der Waals surface area contributed by atoms with Crippen molar-refractivity contribution in [3.63, 3.8) is 0 Å². The molecule has 4 heterocycles. The van der Waals surface area contributed by atoms with E-state index in [1.807, 2.05) is 89.8 Å². The van der Waals surface area contributed by atoms with Crippen LogP contribution in [-0.2, 0) is 40.6 Å². The third-order valence-electron chi connectivity index (χ3n) is 12.5. The predicted molar refractivity (Wildman–Crippen MR) is 233 cm³/mol. The van der Waals surface area contributed by atoms with Crippen LogP contribution in [0.5, 0.6) is 5.75 Å². The first-order valence-corrected chi connectivity index (χ1v) is 20.8. The first-order chi connectivity index (χ1) is 30.9. The zero-order valence-electron chi connectivity index (χ0n) is 35.0. The van der Waals surface area contributed by atoms with Crippen LogP contribution >= 0.6 is 0 Å². The van der Waals surface area contributed by atoms with Crippen LogP contribution in [0.3, 0.4) is 0 Å². The number of aromatic hydroxyl groups is 1. The number of ether oxygens (including phenoxy) is 2. The summed E-state index contributed by atoms with van der Waals surface area (Å²) >= 11 is 0. The molecule has 1 aromatic heterocycles. The number of hydrogen-bond acceptors (Lipinski definition) is 11. The second-order valence-corrected chi connectivity index (χ2v) is 16.4. The number of phenols is 1. The lowest BCUT2D eigenvalue weighted by Crippen LogP contribution is -2.57. The van der Waals surface area contributed by atoms with Gasteiger partial charge in [0.05, 0.1) is 36.3 Å². The fourth-order valence-corrected chi connectivity index (χ4v) is 9.74. The van der Waals surface area contributed by atoms with Gasteiger partial charge < -0.3 is 25.6 Å². The number of aromatic nitrogens is 3. The molecule has 2 saturated heterocycles. The lowest BCUT2D eigenvalue weighted by atomic mass is 9.65. The number of urea groups is 1. The molecule has 3 aliphatic rings. The van der Waals surface area contributed by atoms with Crippen LogP contribution in [0.1, 0.15) is 59.9 Å². The fourth-order valence-electron chi connectivity index (χ4n) is 9.74. The average molecular weight is 858 g/mol. The molecule has 322 valence electrons. The highest BCUT2D eigenvalue weighted by molar-refractivity contribution is 6.25. The summed E-state index contributed by atoms with van der Waals surface area (Å²) in [5.74, 6) is 0.734. The molecule has 4 N–H and O–H groups in total. The van der Waals surface area contributed by atoms with Gasteiger partial charge in [0.2, 0.25) is 11.8 Å². The van der Waals surface area contributed by atoms with Gasteiger partial charge in [-0.15, -0.1) is 5.10 Å². The highest BCUT2D eigenvalue weighted by atomic mass is 16.6. The number of imide groups is 1.